The molecule has 0 atom stereocenters. The van der Waals surface area contributed by atoms with Gasteiger partial charge in [0.1, 0.15) is 5.15 Å². The minimum atomic E-state index is -0.0626. The monoisotopic (exact) mass is 274 g/mol. The Balaban J connectivity index is 2.03. The van der Waals surface area contributed by atoms with Gasteiger partial charge in [0, 0.05) is 18.3 Å². The van der Waals surface area contributed by atoms with Gasteiger partial charge in [-0.1, -0.05) is 42.8 Å². The summed E-state index contributed by atoms with van der Waals surface area (Å²) in [4.78, 5) is 16.1. The summed E-state index contributed by atoms with van der Waals surface area (Å²) in [7, 11) is 0. The Kier molecular flexibility index (Phi) is 4.53. The molecule has 0 aliphatic carbocycles. The second-order valence-electron chi connectivity index (χ2n) is 4.18. The van der Waals surface area contributed by atoms with Crippen LogP contribution in [-0.4, -0.2) is 10.9 Å². The molecule has 4 heteroatoms. The molecule has 0 fully saturated rings. The maximum atomic E-state index is 12.1. The summed E-state index contributed by atoms with van der Waals surface area (Å²) in [6.45, 7) is 2.48. The molecule has 1 aromatic heterocycles. The van der Waals surface area contributed by atoms with Gasteiger partial charge in [-0.3, -0.25) is 4.79 Å². The summed E-state index contributed by atoms with van der Waals surface area (Å²) >= 11 is 5.71. The molecule has 0 saturated heterocycles. The quantitative estimate of drug-likeness (QED) is 0.870. The standard InChI is InChI=1S/C15H15ClN2O/c1-2-12-5-3-4-6-13(12)15(19)18-10-11-7-8-14(16)17-9-11/h3-9H,2,10H2,1H3,(H,18,19). The van der Waals surface area contributed by atoms with Gasteiger partial charge in [0.15, 0.2) is 0 Å². The van der Waals surface area contributed by atoms with Crippen LogP contribution in [0.25, 0.3) is 0 Å². The Labute approximate surface area is 117 Å². The number of rotatable bonds is 4. The van der Waals surface area contributed by atoms with Crippen LogP contribution in [0.4, 0.5) is 0 Å². The number of nitrogens with zero attached hydrogens (tertiary/aromatic N) is 1. The smallest absolute Gasteiger partial charge is 0.251 e. The van der Waals surface area contributed by atoms with Gasteiger partial charge in [-0.2, -0.15) is 0 Å². The number of benzene rings is 1. The van der Waals surface area contributed by atoms with Gasteiger partial charge in [0.25, 0.3) is 5.91 Å². The highest BCUT2D eigenvalue weighted by Gasteiger charge is 2.09. The van der Waals surface area contributed by atoms with Crippen molar-refractivity contribution in [3.8, 4) is 0 Å². The zero-order valence-corrected chi connectivity index (χ0v) is 11.4. The first-order chi connectivity index (χ1) is 9.20. The van der Waals surface area contributed by atoms with E-state index in [9.17, 15) is 4.79 Å². The van der Waals surface area contributed by atoms with Crippen molar-refractivity contribution in [2.24, 2.45) is 0 Å². The van der Waals surface area contributed by atoms with Crippen molar-refractivity contribution in [2.75, 3.05) is 0 Å². The van der Waals surface area contributed by atoms with Crippen LogP contribution in [0.2, 0.25) is 5.15 Å². The van der Waals surface area contributed by atoms with Gasteiger partial charge < -0.3 is 5.32 Å². The van der Waals surface area contributed by atoms with Crippen LogP contribution in [0, 0.1) is 0 Å². The Morgan fingerprint density at radius 2 is 2.05 bits per heavy atom. The Morgan fingerprint density at radius 1 is 1.26 bits per heavy atom. The van der Waals surface area contributed by atoms with Crippen molar-refractivity contribution in [2.45, 2.75) is 19.9 Å². The number of hydrogen-bond donors (Lipinski definition) is 1. The van der Waals surface area contributed by atoms with Crippen molar-refractivity contribution in [3.05, 3.63) is 64.4 Å². The molecule has 0 bridgehead atoms. The molecule has 1 amide bonds. The molecule has 19 heavy (non-hydrogen) atoms. The maximum absolute atomic E-state index is 12.1. The number of hydrogen-bond acceptors (Lipinski definition) is 2. The molecule has 0 radical (unpaired) electrons. The van der Waals surface area contributed by atoms with Crippen molar-refractivity contribution in [1.82, 2.24) is 10.3 Å². The minimum absolute atomic E-state index is 0.0626. The van der Waals surface area contributed by atoms with Gasteiger partial charge in [0.2, 0.25) is 0 Å². The highest BCUT2D eigenvalue weighted by Crippen LogP contribution is 2.10. The average Bonchev–Trinajstić information content (AvgIpc) is 2.46. The summed E-state index contributed by atoms with van der Waals surface area (Å²) in [6.07, 6.45) is 2.50. The van der Waals surface area contributed by atoms with E-state index >= 15 is 0 Å². The number of halogens is 1. The lowest BCUT2D eigenvalue weighted by atomic mass is 10.0. The first kappa shape index (κ1) is 13.6. The lowest BCUT2D eigenvalue weighted by molar-refractivity contribution is 0.0950. The van der Waals surface area contributed by atoms with Crippen molar-refractivity contribution >= 4 is 17.5 Å². The molecule has 98 valence electrons. The second kappa shape index (κ2) is 6.34. The van der Waals surface area contributed by atoms with Crippen molar-refractivity contribution in [1.29, 1.82) is 0 Å². The fraction of sp³-hybridized carbons (Fsp3) is 0.200. The predicted molar refractivity (Wildman–Crippen MR) is 76.2 cm³/mol. The van der Waals surface area contributed by atoms with E-state index in [4.69, 9.17) is 11.6 Å². The molecule has 0 unspecified atom stereocenters. The highest BCUT2D eigenvalue weighted by molar-refractivity contribution is 6.29. The third kappa shape index (κ3) is 3.55. The Morgan fingerprint density at radius 3 is 2.74 bits per heavy atom. The van der Waals surface area contributed by atoms with Crippen LogP contribution in [0.5, 0.6) is 0 Å². The van der Waals surface area contributed by atoms with Gasteiger partial charge in [0.05, 0.1) is 0 Å². The molecule has 2 rings (SSSR count). The molecule has 0 saturated carbocycles. The molecule has 1 heterocycles. The third-order valence-electron chi connectivity index (χ3n) is 2.88. The number of pyridine rings is 1. The van der Waals surface area contributed by atoms with Crippen LogP contribution >= 0.6 is 11.6 Å². The molecule has 0 aliphatic rings. The number of aromatic nitrogens is 1. The number of nitrogens with one attached hydrogen (secondary N) is 1. The SMILES string of the molecule is CCc1ccccc1C(=O)NCc1ccc(Cl)nc1. The maximum Gasteiger partial charge on any atom is 0.251 e. The summed E-state index contributed by atoms with van der Waals surface area (Å²) in [5.74, 6) is -0.0626. The lowest BCUT2D eigenvalue weighted by Crippen LogP contribution is -2.23. The first-order valence-corrected chi connectivity index (χ1v) is 6.55. The van der Waals surface area contributed by atoms with Crippen LogP contribution in [-0.2, 0) is 13.0 Å². The molecule has 1 N–H and O–H groups in total. The minimum Gasteiger partial charge on any atom is -0.348 e. The van der Waals surface area contributed by atoms with Gasteiger partial charge in [-0.25, -0.2) is 4.98 Å². The summed E-state index contributed by atoms with van der Waals surface area (Å²) in [6, 6.07) is 11.2. The third-order valence-corrected chi connectivity index (χ3v) is 3.11. The predicted octanol–water partition coefficient (Wildman–Crippen LogP) is 3.23. The average molecular weight is 275 g/mol. The Hall–Kier alpha value is -1.87. The number of aryl methyl sites for hydroxylation is 1. The number of amides is 1. The molecule has 3 nitrogen and oxygen atoms in total. The van der Waals surface area contributed by atoms with Crippen molar-refractivity contribution in [3.63, 3.8) is 0 Å². The van der Waals surface area contributed by atoms with Crippen LogP contribution in [0.3, 0.4) is 0 Å². The van der Waals surface area contributed by atoms with Gasteiger partial charge >= 0.3 is 0 Å². The largest absolute Gasteiger partial charge is 0.348 e. The van der Waals surface area contributed by atoms with Gasteiger partial charge in [-0.15, -0.1) is 0 Å². The zero-order valence-electron chi connectivity index (χ0n) is 10.7. The normalized spacial score (nSPS) is 10.2. The lowest BCUT2D eigenvalue weighted by Gasteiger charge is -2.08. The van der Waals surface area contributed by atoms with E-state index in [1.165, 1.54) is 0 Å². The van der Waals surface area contributed by atoms with Crippen molar-refractivity contribution < 1.29 is 4.79 Å². The zero-order chi connectivity index (χ0) is 13.7. The van der Waals surface area contributed by atoms with E-state index in [2.05, 4.69) is 10.3 Å². The van der Waals surface area contributed by atoms with E-state index in [-0.39, 0.29) is 5.91 Å². The van der Waals surface area contributed by atoms with E-state index in [1.807, 2.05) is 37.3 Å². The summed E-state index contributed by atoms with van der Waals surface area (Å²) in [5.41, 5.74) is 2.70. The highest BCUT2D eigenvalue weighted by atomic mass is 35.5. The molecule has 2 aromatic rings. The molecule has 0 spiro atoms. The number of carbonyl (C=O) groups is 1. The summed E-state index contributed by atoms with van der Waals surface area (Å²) < 4.78 is 0. The van der Waals surface area contributed by atoms with Crippen LogP contribution in [0.1, 0.15) is 28.4 Å². The molecular formula is C15H15ClN2O. The van der Waals surface area contributed by atoms with Crippen LogP contribution in [0.15, 0.2) is 42.6 Å². The second-order valence-corrected chi connectivity index (χ2v) is 4.57. The van der Waals surface area contributed by atoms with Gasteiger partial charge in [-0.05, 0) is 29.7 Å². The molecule has 1 aromatic carbocycles. The Bertz CT molecular complexity index is 567. The molecule has 0 aliphatic heterocycles. The number of carbonyl (C=O) groups excluding carboxylic acids is 1. The fourth-order valence-electron chi connectivity index (χ4n) is 1.84. The van der Waals surface area contributed by atoms with E-state index < -0.39 is 0 Å². The first-order valence-electron chi connectivity index (χ1n) is 6.17. The fourth-order valence-corrected chi connectivity index (χ4v) is 1.95. The topological polar surface area (TPSA) is 42.0 Å². The van der Waals surface area contributed by atoms with E-state index in [0.717, 1.165) is 23.1 Å². The molecular weight excluding hydrogens is 260 g/mol. The van der Waals surface area contributed by atoms with E-state index in [1.54, 1.807) is 12.3 Å². The van der Waals surface area contributed by atoms with Crippen LogP contribution < -0.4 is 5.32 Å². The van der Waals surface area contributed by atoms with E-state index in [0.29, 0.717) is 11.7 Å². The summed E-state index contributed by atoms with van der Waals surface area (Å²) in [5, 5.41) is 3.34.